The lowest BCUT2D eigenvalue weighted by Crippen LogP contribution is -2.33. The summed E-state index contributed by atoms with van der Waals surface area (Å²) in [7, 11) is 0. The summed E-state index contributed by atoms with van der Waals surface area (Å²) in [5.74, 6) is 1.53. The van der Waals surface area contributed by atoms with Crippen LogP contribution in [0.1, 0.15) is 45.4 Å². The van der Waals surface area contributed by atoms with Gasteiger partial charge in [0.15, 0.2) is 0 Å². The van der Waals surface area contributed by atoms with E-state index in [4.69, 9.17) is 4.42 Å². The molecule has 18 heavy (non-hydrogen) atoms. The van der Waals surface area contributed by atoms with Crippen LogP contribution in [0.15, 0.2) is 4.42 Å². The van der Waals surface area contributed by atoms with Crippen molar-refractivity contribution in [2.45, 2.75) is 58.2 Å². The zero-order valence-electron chi connectivity index (χ0n) is 11.2. The van der Waals surface area contributed by atoms with Crippen molar-refractivity contribution in [1.29, 1.82) is 0 Å². The van der Waals surface area contributed by atoms with Crippen molar-refractivity contribution in [1.82, 2.24) is 15.5 Å². The van der Waals surface area contributed by atoms with E-state index in [1.165, 1.54) is 25.7 Å². The second-order valence-electron chi connectivity index (χ2n) is 5.82. The van der Waals surface area contributed by atoms with Crippen molar-refractivity contribution in [2.24, 2.45) is 5.92 Å². The van der Waals surface area contributed by atoms with Gasteiger partial charge < -0.3 is 14.6 Å². The van der Waals surface area contributed by atoms with Crippen molar-refractivity contribution < 1.29 is 4.42 Å². The molecule has 5 nitrogen and oxygen atoms in total. The van der Waals surface area contributed by atoms with Gasteiger partial charge in [0.1, 0.15) is 0 Å². The Morgan fingerprint density at radius 3 is 2.67 bits per heavy atom. The van der Waals surface area contributed by atoms with Gasteiger partial charge in [0.25, 0.3) is 0 Å². The summed E-state index contributed by atoms with van der Waals surface area (Å²) in [6.07, 6.45) is 5.24. The van der Waals surface area contributed by atoms with Crippen LogP contribution in [0.25, 0.3) is 0 Å². The predicted molar refractivity (Wildman–Crippen MR) is 69.4 cm³/mol. The third-order valence-electron chi connectivity index (χ3n) is 3.60. The highest BCUT2D eigenvalue weighted by molar-refractivity contribution is 5.26. The minimum Gasteiger partial charge on any atom is -0.407 e. The van der Waals surface area contributed by atoms with Crippen LogP contribution in [0.3, 0.4) is 0 Å². The number of rotatable bonds is 7. The molecule has 0 aromatic carbocycles. The predicted octanol–water partition coefficient (Wildman–Crippen LogP) is 1.95. The average Bonchev–Trinajstić information content (AvgIpc) is 3.25. The number of nitrogens with one attached hydrogen (secondary N) is 1. The molecule has 1 heterocycles. The topological polar surface area (TPSA) is 54.2 Å². The van der Waals surface area contributed by atoms with E-state index in [0.717, 1.165) is 12.5 Å². The molecular weight excluding hydrogens is 228 g/mol. The van der Waals surface area contributed by atoms with Gasteiger partial charge in [-0.2, -0.15) is 0 Å². The molecule has 2 aliphatic rings. The summed E-state index contributed by atoms with van der Waals surface area (Å²) in [5, 5.41) is 11.7. The molecule has 2 aliphatic carbocycles. The SMILES string of the molecule is CC(C)N(CC1CC1)c1nnc(CNC2CC2)o1. The van der Waals surface area contributed by atoms with Crippen LogP contribution in [0, 0.1) is 5.92 Å². The summed E-state index contributed by atoms with van der Waals surface area (Å²) >= 11 is 0. The zero-order valence-corrected chi connectivity index (χ0v) is 11.2. The Balaban J connectivity index is 1.60. The Kier molecular flexibility index (Phi) is 3.24. The van der Waals surface area contributed by atoms with Gasteiger partial charge in [-0.25, -0.2) is 0 Å². The number of nitrogens with zero attached hydrogens (tertiary/aromatic N) is 3. The second kappa shape index (κ2) is 4.88. The Hall–Kier alpha value is -1.10. The molecule has 5 heteroatoms. The van der Waals surface area contributed by atoms with Crippen LogP contribution in [-0.4, -0.2) is 28.8 Å². The minimum atomic E-state index is 0.412. The molecule has 3 rings (SSSR count). The number of aromatic nitrogens is 2. The van der Waals surface area contributed by atoms with Crippen LogP contribution in [0.2, 0.25) is 0 Å². The third kappa shape index (κ3) is 3.02. The lowest BCUT2D eigenvalue weighted by Gasteiger charge is -2.24. The molecule has 0 amide bonds. The maximum Gasteiger partial charge on any atom is 0.318 e. The molecule has 2 fully saturated rings. The van der Waals surface area contributed by atoms with Gasteiger partial charge in [0.2, 0.25) is 5.89 Å². The number of hydrogen-bond acceptors (Lipinski definition) is 5. The maximum atomic E-state index is 5.76. The normalized spacial score (nSPS) is 19.5. The minimum absolute atomic E-state index is 0.412. The van der Waals surface area contributed by atoms with Crippen molar-refractivity contribution in [2.75, 3.05) is 11.4 Å². The van der Waals surface area contributed by atoms with Crippen LogP contribution in [0.4, 0.5) is 6.01 Å². The fourth-order valence-electron chi connectivity index (χ4n) is 2.04. The molecule has 0 saturated heterocycles. The number of hydrogen-bond donors (Lipinski definition) is 1. The van der Waals surface area contributed by atoms with Gasteiger partial charge >= 0.3 is 6.01 Å². The van der Waals surface area contributed by atoms with E-state index in [9.17, 15) is 0 Å². The molecule has 1 N–H and O–H groups in total. The van der Waals surface area contributed by atoms with Crippen LogP contribution >= 0.6 is 0 Å². The molecule has 0 bridgehead atoms. The fraction of sp³-hybridized carbons (Fsp3) is 0.846. The van der Waals surface area contributed by atoms with Crippen molar-refractivity contribution in [3.8, 4) is 0 Å². The first-order valence-corrected chi connectivity index (χ1v) is 7.05. The molecule has 0 aliphatic heterocycles. The lowest BCUT2D eigenvalue weighted by molar-refractivity contribution is 0.447. The Bertz CT molecular complexity index is 395. The lowest BCUT2D eigenvalue weighted by atomic mass is 10.3. The monoisotopic (exact) mass is 250 g/mol. The van der Waals surface area contributed by atoms with E-state index in [-0.39, 0.29) is 0 Å². The van der Waals surface area contributed by atoms with Gasteiger partial charge in [0.05, 0.1) is 6.54 Å². The summed E-state index contributed by atoms with van der Waals surface area (Å²) in [6, 6.07) is 1.77. The van der Waals surface area contributed by atoms with Gasteiger partial charge in [0, 0.05) is 18.6 Å². The largest absolute Gasteiger partial charge is 0.407 e. The smallest absolute Gasteiger partial charge is 0.318 e. The average molecular weight is 250 g/mol. The summed E-state index contributed by atoms with van der Waals surface area (Å²) in [4.78, 5) is 2.23. The van der Waals surface area contributed by atoms with E-state index in [0.29, 0.717) is 30.5 Å². The van der Waals surface area contributed by atoms with Gasteiger partial charge in [-0.3, -0.25) is 0 Å². The van der Waals surface area contributed by atoms with Gasteiger partial charge in [-0.05, 0) is 45.4 Å². The van der Waals surface area contributed by atoms with Crippen LogP contribution in [0.5, 0.6) is 0 Å². The highest BCUT2D eigenvalue weighted by Gasteiger charge is 2.28. The molecule has 0 spiro atoms. The second-order valence-corrected chi connectivity index (χ2v) is 5.82. The Labute approximate surface area is 108 Å². The van der Waals surface area contributed by atoms with Gasteiger partial charge in [-0.15, -0.1) is 5.10 Å². The van der Waals surface area contributed by atoms with E-state index < -0.39 is 0 Å². The summed E-state index contributed by atoms with van der Waals surface area (Å²) in [5.41, 5.74) is 0. The van der Waals surface area contributed by atoms with Crippen molar-refractivity contribution >= 4 is 6.01 Å². The summed E-state index contributed by atoms with van der Waals surface area (Å²) in [6.45, 7) is 6.10. The molecule has 0 atom stereocenters. The van der Waals surface area contributed by atoms with Crippen LogP contribution < -0.4 is 10.2 Å². The Morgan fingerprint density at radius 1 is 1.28 bits per heavy atom. The molecule has 100 valence electrons. The quantitative estimate of drug-likeness (QED) is 0.801. The van der Waals surface area contributed by atoms with Crippen LogP contribution in [-0.2, 0) is 6.54 Å². The van der Waals surface area contributed by atoms with E-state index in [2.05, 4.69) is 34.3 Å². The van der Waals surface area contributed by atoms with Crippen molar-refractivity contribution in [3.05, 3.63) is 5.89 Å². The molecule has 1 aromatic heterocycles. The molecule has 1 aromatic rings. The highest BCUT2D eigenvalue weighted by atomic mass is 16.4. The summed E-state index contributed by atoms with van der Waals surface area (Å²) < 4.78 is 5.76. The maximum absolute atomic E-state index is 5.76. The molecule has 2 saturated carbocycles. The van der Waals surface area contributed by atoms with E-state index >= 15 is 0 Å². The highest BCUT2D eigenvalue weighted by Crippen LogP contribution is 2.32. The van der Waals surface area contributed by atoms with E-state index in [1.807, 2.05) is 0 Å². The van der Waals surface area contributed by atoms with E-state index in [1.54, 1.807) is 0 Å². The Morgan fingerprint density at radius 2 is 2.06 bits per heavy atom. The zero-order chi connectivity index (χ0) is 12.5. The van der Waals surface area contributed by atoms with Gasteiger partial charge in [-0.1, -0.05) is 5.10 Å². The number of anilines is 1. The first-order valence-electron chi connectivity index (χ1n) is 7.05. The first-order chi connectivity index (χ1) is 8.72. The first kappa shape index (κ1) is 12.0. The third-order valence-corrected chi connectivity index (χ3v) is 3.60. The standard InChI is InChI=1S/C13H22N4O/c1-9(2)17(8-10-3-4-10)13-16-15-12(18-13)7-14-11-5-6-11/h9-11,14H,3-8H2,1-2H3. The molecule has 0 unspecified atom stereocenters. The molecular formula is C13H22N4O. The molecule has 0 radical (unpaired) electrons. The fourth-order valence-corrected chi connectivity index (χ4v) is 2.04. The van der Waals surface area contributed by atoms with Crippen molar-refractivity contribution in [3.63, 3.8) is 0 Å².